The maximum atomic E-state index is 13.4. The van der Waals surface area contributed by atoms with E-state index in [2.05, 4.69) is 4.72 Å². The molecule has 0 unspecified atom stereocenters. The van der Waals surface area contributed by atoms with Crippen molar-refractivity contribution in [1.29, 1.82) is 0 Å². The number of sulfonamides is 2. The third-order valence-corrected chi connectivity index (χ3v) is 10.3. The molecule has 2 N–H and O–H groups in total. The van der Waals surface area contributed by atoms with Crippen molar-refractivity contribution in [2.24, 2.45) is 5.92 Å². The van der Waals surface area contributed by atoms with Crippen molar-refractivity contribution in [2.75, 3.05) is 31.5 Å². The van der Waals surface area contributed by atoms with E-state index in [-0.39, 0.29) is 53.4 Å². The molecule has 0 aliphatic carbocycles. The third kappa shape index (κ3) is 7.07. The summed E-state index contributed by atoms with van der Waals surface area (Å²) < 4.78 is 62.5. The summed E-state index contributed by atoms with van der Waals surface area (Å²) in [5.41, 5.74) is 0.685. The molecule has 0 radical (unpaired) electrons. The second kappa shape index (κ2) is 12.6. The number of hydrogen-bond donors (Lipinski definition) is 2. The van der Waals surface area contributed by atoms with Gasteiger partial charge in [0.1, 0.15) is 11.9 Å². The number of likely N-dealkylation sites (N-methyl/N-ethyl adjacent to an activating group) is 1. The minimum Gasteiger partial charge on any atom is -0.488 e. The average molecular weight is 602 g/mol. The average Bonchev–Trinajstić information content (AvgIpc) is 3.00. The Bertz CT molecular complexity index is 1570. The van der Waals surface area contributed by atoms with Crippen LogP contribution in [-0.4, -0.2) is 75.9 Å². The molecule has 1 amide bonds. The number of hydrogen-bond acceptors (Lipinski definition) is 7. The summed E-state index contributed by atoms with van der Waals surface area (Å²) in [5.74, 6) is -0.234. The van der Waals surface area contributed by atoms with Gasteiger partial charge in [-0.05, 0) is 49.4 Å². The number of carbonyl (C=O) groups excluding carboxylic acids is 1. The molecule has 12 heteroatoms. The maximum absolute atomic E-state index is 13.4. The Morgan fingerprint density at radius 1 is 1.00 bits per heavy atom. The second-order valence-electron chi connectivity index (χ2n) is 10.2. The van der Waals surface area contributed by atoms with Crippen molar-refractivity contribution in [3.05, 3.63) is 84.4 Å². The summed E-state index contributed by atoms with van der Waals surface area (Å²) in [6.45, 7) is 3.57. The highest BCUT2D eigenvalue weighted by atomic mass is 32.2. The molecule has 0 bridgehead atoms. The molecule has 3 atom stereocenters. The van der Waals surface area contributed by atoms with Crippen molar-refractivity contribution in [3.8, 4) is 5.75 Å². The first-order valence-corrected chi connectivity index (χ1v) is 16.1. The largest absolute Gasteiger partial charge is 0.488 e. The standard InChI is InChI=1S/C29H35N3O7S2/c1-21-18-32(22(2)20-33)29(34)17-23-16-24(30-40(35,36)25-10-6-4-7-11-25)14-15-27(23)39-28(21)19-31(3)41(37,38)26-12-8-5-9-13-26/h4-16,21-22,28,30,33H,17-20H2,1-3H3/t21-,22+,28-/m0/s1. The second-order valence-corrected chi connectivity index (χ2v) is 14.0. The number of nitrogens with one attached hydrogen (secondary N) is 1. The number of fused-ring (bicyclic) bond motifs is 1. The molecular formula is C29H35N3O7S2. The Kier molecular flexibility index (Phi) is 9.37. The van der Waals surface area contributed by atoms with Crippen LogP contribution in [0.5, 0.6) is 5.75 Å². The molecule has 3 aromatic rings. The Balaban J connectivity index is 1.68. The highest BCUT2D eigenvalue weighted by molar-refractivity contribution is 7.92. The van der Waals surface area contributed by atoms with Crippen LogP contribution in [0.1, 0.15) is 19.4 Å². The molecule has 41 heavy (non-hydrogen) atoms. The fourth-order valence-electron chi connectivity index (χ4n) is 4.65. The molecule has 0 spiro atoms. The number of nitrogens with zero attached hydrogens (tertiary/aromatic N) is 2. The van der Waals surface area contributed by atoms with Gasteiger partial charge in [-0.3, -0.25) is 9.52 Å². The molecule has 1 aliphatic heterocycles. The monoisotopic (exact) mass is 601 g/mol. The number of amides is 1. The number of carbonyl (C=O) groups is 1. The van der Waals surface area contributed by atoms with Crippen LogP contribution in [0.3, 0.4) is 0 Å². The number of ether oxygens (including phenoxy) is 1. The Morgan fingerprint density at radius 3 is 2.22 bits per heavy atom. The predicted octanol–water partition coefficient (Wildman–Crippen LogP) is 2.96. The van der Waals surface area contributed by atoms with Crippen LogP contribution in [0, 0.1) is 5.92 Å². The quantitative estimate of drug-likeness (QED) is 0.385. The smallest absolute Gasteiger partial charge is 0.261 e. The van der Waals surface area contributed by atoms with Gasteiger partial charge in [0.2, 0.25) is 15.9 Å². The highest BCUT2D eigenvalue weighted by Gasteiger charge is 2.33. The Morgan fingerprint density at radius 2 is 1.61 bits per heavy atom. The number of benzene rings is 3. The van der Waals surface area contributed by atoms with Crippen molar-refractivity contribution in [2.45, 2.75) is 42.2 Å². The molecule has 0 fully saturated rings. The zero-order valence-corrected chi connectivity index (χ0v) is 24.8. The summed E-state index contributed by atoms with van der Waals surface area (Å²) in [5, 5.41) is 9.85. The lowest BCUT2D eigenvalue weighted by Gasteiger charge is -2.33. The van der Waals surface area contributed by atoms with E-state index < -0.39 is 32.2 Å². The van der Waals surface area contributed by atoms with Gasteiger partial charge in [-0.15, -0.1) is 0 Å². The molecule has 0 saturated carbocycles. The van der Waals surface area contributed by atoms with E-state index in [0.717, 1.165) is 0 Å². The fraction of sp³-hybridized carbons (Fsp3) is 0.345. The molecule has 1 heterocycles. The Labute approximate surface area is 241 Å². The van der Waals surface area contributed by atoms with Crippen molar-refractivity contribution >= 4 is 31.6 Å². The van der Waals surface area contributed by atoms with Crippen molar-refractivity contribution in [1.82, 2.24) is 9.21 Å². The zero-order chi connectivity index (χ0) is 29.8. The van der Waals surface area contributed by atoms with Crippen LogP contribution in [-0.2, 0) is 31.3 Å². The van der Waals surface area contributed by atoms with Gasteiger partial charge in [-0.1, -0.05) is 43.3 Å². The van der Waals surface area contributed by atoms with Crippen molar-refractivity contribution in [3.63, 3.8) is 0 Å². The van der Waals surface area contributed by atoms with Gasteiger partial charge < -0.3 is 14.7 Å². The molecule has 4 rings (SSSR count). The van der Waals surface area contributed by atoms with E-state index in [1.807, 2.05) is 6.92 Å². The highest BCUT2D eigenvalue weighted by Crippen LogP contribution is 2.30. The summed E-state index contributed by atoms with van der Waals surface area (Å²) >= 11 is 0. The van der Waals surface area contributed by atoms with E-state index in [9.17, 15) is 26.7 Å². The van der Waals surface area contributed by atoms with Gasteiger partial charge in [0.15, 0.2) is 0 Å². The SMILES string of the molecule is C[C@H](CO)N1C[C@H](C)[C@H](CN(C)S(=O)(=O)c2ccccc2)Oc2ccc(NS(=O)(=O)c3ccccc3)cc2CC1=O. The lowest BCUT2D eigenvalue weighted by atomic mass is 10.0. The summed E-state index contributed by atoms with van der Waals surface area (Å²) in [6, 6.07) is 20.2. The molecule has 10 nitrogen and oxygen atoms in total. The molecule has 0 saturated heterocycles. The minimum atomic E-state index is -3.88. The van der Waals surface area contributed by atoms with E-state index in [0.29, 0.717) is 11.3 Å². The fourth-order valence-corrected chi connectivity index (χ4v) is 6.92. The maximum Gasteiger partial charge on any atom is 0.261 e. The van der Waals surface area contributed by atoms with Crippen LogP contribution in [0.15, 0.2) is 88.7 Å². The van der Waals surface area contributed by atoms with E-state index >= 15 is 0 Å². The minimum absolute atomic E-state index is 0.00421. The topological polar surface area (TPSA) is 133 Å². The van der Waals surface area contributed by atoms with Crippen molar-refractivity contribution < 1.29 is 31.5 Å². The van der Waals surface area contributed by atoms with Gasteiger partial charge in [0.25, 0.3) is 10.0 Å². The molecule has 0 aromatic heterocycles. The molecule has 3 aromatic carbocycles. The summed E-state index contributed by atoms with van der Waals surface area (Å²) in [7, 11) is -6.21. The molecular weight excluding hydrogens is 566 g/mol. The lowest BCUT2D eigenvalue weighted by molar-refractivity contribution is -0.134. The van der Waals surface area contributed by atoms with Gasteiger partial charge in [-0.2, -0.15) is 4.31 Å². The van der Waals surface area contributed by atoms with E-state index in [4.69, 9.17) is 4.74 Å². The van der Waals surface area contributed by atoms with Crippen LogP contribution in [0.4, 0.5) is 5.69 Å². The van der Waals surface area contributed by atoms with E-state index in [1.54, 1.807) is 66.4 Å². The van der Waals surface area contributed by atoms with Crippen LogP contribution >= 0.6 is 0 Å². The van der Waals surface area contributed by atoms with Crippen LogP contribution < -0.4 is 9.46 Å². The van der Waals surface area contributed by atoms with Crippen LogP contribution in [0.2, 0.25) is 0 Å². The summed E-state index contributed by atoms with van der Waals surface area (Å²) in [6.07, 6.45) is -0.763. The van der Waals surface area contributed by atoms with Gasteiger partial charge >= 0.3 is 0 Å². The van der Waals surface area contributed by atoms with Gasteiger partial charge in [-0.25, -0.2) is 16.8 Å². The number of aliphatic hydroxyl groups is 1. The number of aliphatic hydroxyl groups excluding tert-OH is 1. The first kappa shape index (κ1) is 30.5. The first-order valence-electron chi connectivity index (χ1n) is 13.2. The van der Waals surface area contributed by atoms with E-state index in [1.165, 1.54) is 35.6 Å². The first-order chi connectivity index (χ1) is 19.4. The molecule has 220 valence electrons. The summed E-state index contributed by atoms with van der Waals surface area (Å²) in [4.78, 5) is 15.2. The van der Waals surface area contributed by atoms with Gasteiger partial charge in [0.05, 0.1) is 35.4 Å². The normalized spacial score (nSPS) is 19.0. The lowest BCUT2D eigenvalue weighted by Crippen LogP contribution is -2.48. The third-order valence-electron chi connectivity index (χ3n) is 7.11. The molecule has 1 aliphatic rings. The predicted molar refractivity (Wildman–Crippen MR) is 155 cm³/mol. The number of rotatable bonds is 9. The zero-order valence-electron chi connectivity index (χ0n) is 23.2. The van der Waals surface area contributed by atoms with Gasteiger partial charge in [0, 0.05) is 30.8 Å². The van der Waals surface area contributed by atoms with Crippen LogP contribution in [0.25, 0.3) is 0 Å². The Hall–Kier alpha value is -3.45. The number of anilines is 1.